The molecular weight excluding hydrogens is 415 g/mol. The Morgan fingerprint density at radius 2 is 2.07 bits per heavy atom. The highest BCUT2D eigenvalue weighted by molar-refractivity contribution is 7.98. The fourth-order valence-corrected chi connectivity index (χ4v) is 3.89. The number of aromatic amines is 1. The molecule has 0 spiro atoms. The zero-order valence-corrected chi connectivity index (χ0v) is 15.9. The molecule has 1 aromatic carbocycles. The van der Waals surface area contributed by atoms with Crippen molar-refractivity contribution in [3.05, 3.63) is 62.0 Å². The van der Waals surface area contributed by atoms with E-state index in [0.717, 1.165) is 5.56 Å². The number of nitrogens with one attached hydrogen (secondary N) is 2. The van der Waals surface area contributed by atoms with Gasteiger partial charge in [-0.3, -0.25) is 19.5 Å². The monoisotopic (exact) mass is 426 g/mol. The van der Waals surface area contributed by atoms with Gasteiger partial charge < -0.3 is 10.4 Å². The number of rotatable bonds is 6. The van der Waals surface area contributed by atoms with E-state index < -0.39 is 23.9 Å². The Bertz CT molecular complexity index is 1100. The van der Waals surface area contributed by atoms with Gasteiger partial charge in [0.15, 0.2) is 11.1 Å². The van der Waals surface area contributed by atoms with E-state index in [1.54, 1.807) is 18.2 Å². The van der Waals surface area contributed by atoms with Crippen LogP contribution in [-0.4, -0.2) is 38.1 Å². The van der Waals surface area contributed by atoms with Crippen molar-refractivity contribution < 1.29 is 14.7 Å². The van der Waals surface area contributed by atoms with E-state index in [-0.39, 0.29) is 11.2 Å². The van der Waals surface area contributed by atoms with Gasteiger partial charge in [0.25, 0.3) is 5.91 Å². The summed E-state index contributed by atoms with van der Waals surface area (Å²) in [6.45, 7) is -0.597. The molecule has 140 valence electrons. The van der Waals surface area contributed by atoms with Gasteiger partial charge in [0.05, 0.1) is 0 Å². The van der Waals surface area contributed by atoms with E-state index in [9.17, 15) is 14.4 Å². The van der Waals surface area contributed by atoms with Crippen molar-refractivity contribution in [3.63, 3.8) is 0 Å². The number of H-pyrrole nitrogens is 1. The van der Waals surface area contributed by atoms with Crippen molar-refractivity contribution in [1.82, 2.24) is 19.9 Å². The van der Waals surface area contributed by atoms with Gasteiger partial charge in [0.2, 0.25) is 0 Å². The number of carboxylic acid groups (broad SMARTS) is 1. The number of thioether (sulfide) groups is 1. The summed E-state index contributed by atoms with van der Waals surface area (Å²) in [4.78, 5) is 39.2. The highest BCUT2D eigenvalue weighted by atomic mass is 35.5. The molecule has 3 N–H and O–H groups in total. The summed E-state index contributed by atoms with van der Waals surface area (Å²) in [5, 5.41) is 15.2. The van der Waals surface area contributed by atoms with Gasteiger partial charge >= 0.3 is 5.97 Å². The molecule has 0 unspecified atom stereocenters. The van der Waals surface area contributed by atoms with Gasteiger partial charge in [0, 0.05) is 21.9 Å². The molecule has 2 aromatic heterocycles. The van der Waals surface area contributed by atoms with Crippen LogP contribution in [-0.2, 0) is 10.5 Å². The van der Waals surface area contributed by atoms with Crippen LogP contribution in [0.1, 0.15) is 15.9 Å². The number of aromatic nitrogens is 3. The van der Waals surface area contributed by atoms with Gasteiger partial charge in [-0.15, -0.1) is 11.8 Å². The molecule has 0 aliphatic rings. The van der Waals surface area contributed by atoms with Crippen LogP contribution in [0, 0.1) is 0 Å². The molecule has 0 aliphatic carbocycles. The van der Waals surface area contributed by atoms with Crippen LogP contribution in [0.4, 0.5) is 0 Å². The zero-order valence-electron chi connectivity index (χ0n) is 13.5. The Morgan fingerprint density at radius 1 is 1.30 bits per heavy atom. The number of carbonyl (C=O) groups is 2. The molecule has 0 atom stereocenters. The Kier molecular flexibility index (Phi) is 5.73. The van der Waals surface area contributed by atoms with Crippen molar-refractivity contribution in [2.45, 2.75) is 10.8 Å². The zero-order chi connectivity index (χ0) is 19.6. The minimum Gasteiger partial charge on any atom is -0.480 e. The Hall–Kier alpha value is -2.49. The predicted molar refractivity (Wildman–Crippen MR) is 102 cm³/mol. The molecular formula is C16H12Cl2N4O4S. The average molecular weight is 427 g/mol. The summed E-state index contributed by atoms with van der Waals surface area (Å²) >= 11 is 13.4. The molecule has 0 saturated heterocycles. The molecule has 0 aliphatic heterocycles. The first-order valence-corrected chi connectivity index (χ1v) is 9.27. The summed E-state index contributed by atoms with van der Waals surface area (Å²) in [6, 6.07) is 6.43. The van der Waals surface area contributed by atoms with Gasteiger partial charge in [0.1, 0.15) is 23.5 Å². The quantitative estimate of drug-likeness (QED) is 0.521. The van der Waals surface area contributed by atoms with Crippen molar-refractivity contribution in [3.8, 4) is 0 Å². The SMILES string of the molecule is O=C(O)CNC(=O)c1c(=O)cc(SCc2ccc(Cl)cc2Cl)n2[nH]cnc12. The number of carbonyl (C=O) groups excluding carboxylic acids is 1. The number of nitrogens with zero attached hydrogens (tertiary/aromatic N) is 2. The Balaban J connectivity index is 1.91. The van der Waals surface area contributed by atoms with E-state index in [0.29, 0.717) is 20.8 Å². The van der Waals surface area contributed by atoms with Crippen molar-refractivity contribution in [2.75, 3.05) is 6.54 Å². The maximum Gasteiger partial charge on any atom is 0.322 e. The molecule has 0 fully saturated rings. The van der Waals surface area contributed by atoms with E-state index >= 15 is 0 Å². The number of aliphatic carboxylic acids is 1. The first-order valence-electron chi connectivity index (χ1n) is 7.52. The predicted octanol–water partition coefficient (Wildman–Crippen LogP) is 2.44. The molecule has 0 saturated carbocycles. The Morgan fingerprint density at radius 3 is 2.78 bits per heavy atom. The summed E-state index contributed by atoms with van der Waals surface area (Å²) in [6.07, 6.45) is 1.34. The number of carboxylic acids is 1. The second kappa shape index (κ2) is 8.03. The standard InChI is InChI=1S/C16H12Cl2N4O4S/c17-9-2-1-8(10(18)3-9)6-27-12-4-11(23)14(15-20-7-21-22(12)15)16(26)19-5-13(24)25/h1-4,7H,5-6H2,(H,19,26)(H,20,21)(H,24,25). The number of benzene rings is 1. The third-order valence-electron chi connectivity index (χ3n) is 3.55. The second-order valence-electron chi connectivity index (χ2n) is 5.37. The Labute approximate surface area is 166 Å². The number of fused-ring (bicyclic) bond motifs is 1. The van der Waals surface area contributed by atoms with Crippen LogP contribution in [0.25, 0.3) is 5.65 Å². The van der Waals surface area contributed by atoms with Crippen LogP contribution >= 0.6 is 35.0 Å². The first kappa shape index (κ1) is 19.3. The summed E-state index contributed by atoms with van der Waals surface area (Å²) in [5.74, 6) is -1.56. The largest absolute Gasteiger partial charge is 0.480 e. The van der Waals surface area contributed by atoms with E-state index in [1.807, 2.05) is 0 Å². The minimum atomic E-state index is -1.21. The molecule has 0 radical (unpaired) electrons. The topological polar surface area (TPSA) is 117 Å². The highest BCUT2D eigenvalue weighted by Crippen LogP contribution is 2.28. The maximum absolute atomic E-state index is 12.4. The molecule has 0 bridgehead atoms. The number of pyridine rings is 1. The van der Waals surface area contributed by atoms with Crippen LogP contribution in [0.3, 0.4) is 0 Å². The van der Waals surface area contributed by atoms with Crippen molar-refractivity contribution >= 4 is 52.5 Å². The number of amides is 1. The van der Waals surface area contributed by atoms with Gasteiger partial charge in [-0.25, -0.2) is 9.50 Å². The molecule has 3 rings (SSSR count). The maximum atomic E-state index is 12.4. The first-order chi connectivity index (χ1) is 12.9. The summed E-state index contributed by atoms with van der Waals surface area (Å²) in [7, 11) is 0. The lowest BCUT2D eigenvalue weighted by molar-refractivity contribution is -0.135. The lowest BCUT2D eigenvalue weighted by atomic mass is 10.2. The van der Waals surface area contributed by atoms with Gasteiger partial charge in [-0.05, 0) is 17.7 Å². The summed E-state index contributed by atoms with van der Waals surface area (Å²) in [5.41, 5.74) is 0.145. The number of hydrogen-bond donors (Lipinski definition) is 3. The van der Waals surface area contributed by atoms with Crippen LogP contribution in [0.2, 0.25) is 10.0 Å². The van der Waals surface area contributed by atoms with Crippen molar-refractivity contribution in [1.29, 1.82) is 0 Å². The van der Waals surface area contributed by atoms with E-state index in [2.05, 4.69) is 15.4 Å². The fraction of sp³-hybridized carbons (Fsp3) is 0.125. The number of hydrogen-bond acceptors (Lipinski definition) is 5. The third-order valence-corrected chi connectivity index (χ3v) is 5.19. The molecule has 1 amide bonds. The normalized spacial score (nSPS) is 10.9. The lowest BCUT2D eigenvalue weighted by Crippen LogP contribution is -2.33. The molecule has 8 nitrogen and oxygen atoms in total. The lowest BCUT2D eigenvalue weighted by Gasteiger charge is -2.09. The highest BCUT2D eigenvalue weighted by Gasteiger charge is 2.19. The van der Waals surface area contributed by atoms with E-state index in [1.165, 1.54) is 28.7 Å². The smallest absolute Gasteiger partial charge is 0.322 e. The van der Waals surface area contributed by atoms with Crippen LogP contribution in [0.15, 0.2) is 40.4 Å². The van der Waals surface area contributed by atoms with Crippen molar-refractivity contribution in [2.24, 2.45) is 0 Å². The van der Waals surface area contributed by atoms with Crippen LogP contribution in [0.5, 0.6) is 0 Å². The van der Waals surface area contributed by atoms with Gasteiger partial charge in [-0.1, -0.05) is 29.3 Å². The average Bonchev–Trinajstić information content (AvgIpc) is 3.08. The fourth-order valence-electron chi connectivity index (χ4n) is 2.32. The molecule has 11 heteroatoms. The van der Waals surface area contributed by atoms with Gasteiger partial charge in [-0.2, -0.15) is 0 Å². The van der Waals surface area contributed by atoms with E-state index in [4.69, 9.17) is 28.3 Å². The second-order valence-corrected chi connectivity index (χ2v) is 7.21. The third kappa shape index (κ3) is 4.26. The number of halogens is 2. The van der Waals surface area contributed by atoms with Crippen LogP contribution < -0.4 is 10.7 Å². The molecule has 27 heavy (non-hydrogen) atoms. The molecule has 2 heterocycles. The summed E-state index contributed by atoms with van der Waals surface area (Å²) < 4.78 is 1.48. The molecule has 3 aromatic rings. The minimum absolute atomic E-state index is 0.107.